The van der Waals surface area contributed by atoms with Crippen LogP contribution in [0.15, 0.2) is 40.6 Å². The van der Waals surface area contributed by atoms with Gasteiger partial charge in [-0.2, -0.15) is 0 Å². The van der Waals surface area contributed by atoms with Gasteiger partial charge in [-0.25, -0.2) is 9.78 Å². The molecule has 134 valence electrons. The summed E-state index contributed by atoms with van der Waals surface area (Å²) < 4.78 is 6.62. The number of fused-ring (bicyclic) bond motifs is 1. The number of non-ortho nitro benzene ring substituents is 1. The predicted molar refractivity (Wildman–Crippen MR) is 95.9 cm³/mol. The van der Waals surface area contributed by atoms with Crippen molar-refractivity contribution in [2.45, 2.75) is 6.61 Å². The number of rotatable bonds is 5. The number of carbonyl (C=O) groups excluding carboxylic acids is 1. The highest BCUT2D eigenvalue weighted by Crippen LogP contribution is 2.25. The van der Waals surface area contributed by atoms with Crippen molar-refractivity contribution in [1.82, 2.24) is 9.38 Å². The molecule has 0 radical (unpaired) electrons. The first-order chi connectivity index (χ1) is 12.4. The molecule has 26 heavy (non-hydrogen) atoms. The Labute approximate surface area is 151 Å². The van der Waals surface area contributed by atoms with Gasteiger partial charge in [-0.1, -0.05) is 0 Å². The van der Waals surface area contributed by atoms with E-state index in [0.717, 1.165) is 0 Å². The van der Waals surface area contributed by atoms with E-state index in [9.17, 15) is 19.7 Å². The number of hydrogen-bond donors (Lipinski definition) is 0. The Kier molecular flexibility index (Phi) is 4.67. The van der Waals surface area contributed by atoms with E-state index in [2.05, 4.69) is 4.98 Å². The number of anilines is 1. The average Bonchev–Trinajstić information content (AvgIpc) is 3.08. The van der Waals surface area contributed by atoms with Crippen molar-refractivity contribution in [3.8, 4) is 0 Å². The molecule has 0 amide bonds. The first-order valence-corrected chi connectivity index (χ1v) is 8.33. The van der Waals surface area contributed by atoms with E-state index < -0.39 is 10.9 Å². The molecule has 3 rings (SSSR count). The molecule has 0 saturated carbocycles. The molecule has 2 heterocycles. The minimum atomic E-state index is -0.731. The lowest BCUT2D eigenvalue weighted by Crippen LogP contribution is -2.17. The fourth-order valence-corrected chi connectivity index (χ4v) is 3.11. The first-order valence-electron chi connectivity index (χ1n) is 7.45. The second-order valence-electron chi connectivity index (χ2n) is 5.57. The molecule has 0 fully saturated rings. The van der Waals surface area contributed by atoms with Gasteiger partial charge in [0.15, 0.2) is 4.96 Å². The normalized spacial score (nSPS) is 10.7. The third kappa shape index (κ3) is 3.40. The van der Waals surface area contributed by atoms with Gasteiger partial charge in [0.25, 0.3) is 11.2 Å². The number of ether oxygens (including phenoxy) is 1. The summed E-state index contributed by atoms with van der Waals surface area (Å²) in [6.07, 6.45) is 1.61. The van der Waals surface area contributed by atoms with E-state index in [-0.39, 0.29) is 23.4 Å². The van der Waals surface area contributed by atoms with Crippen molar-refractivity contribution < 1.29 is 14.5 Å². The molecule has 1 aromatic carbocycles. The maximum atomic E-state index is 12.4. The molecule has 0 N–H and O–H groups in total. The quantitative estimate of drug-likeness (QED) is 0.382. The summed E-state index contributed by atoms with van der Waals surface area (Å²) in [6, 6.07) is 5.26. The lowest BCUT2D eigenvalue weighted by atomic mass is 10.1. The SMILES string of the molecule is CN(C)c1ccc([N+](=O)[O-])cc1C(=O)OCc1cc(=O)n2ccsc2n1. The van der Waals surface area contributed by atoms with Gasteiger partial charge in [0.2, 0.25) is 0 Å². The Morgan fingerprint density at radius 1 is 1.38 bits per heavy atom. The third-order valence-electron chi connectivity index (χ3n) is 3.60. The fraction of sp³-hybridized carbons (Fsp3) is 0.188. The maximum absolute atomic E-state index is 12.4. The highest BCUT2D eigenvalue weighted by Gasteiger charge is 2.19. The number of nitro benzene ring substituents is 1. The average molecular weight is 374 g/mol. The van der Waals surface area contributed by atoms with Crippen molar-refractivity contribution in [2.75, 3.05) is 19.0 Å². The molecule has 10 heteroatoms. The van der Waals surface area contributed by atoms with E-state index in [1.54, 1.807) is 30.6 Å². The van der Waals surface area contributed by atoms with Gasteiger partial charge < -0.3 is 9.64 Å². The molecule has 0 aliphatic heterocycles. The van der Waals surface area contributed by atoms with Gasteiger partial charge in [0.05, 0.1) is 21.9 Å². The Bertz CT molecular complexity index is 1060. The summed E-state index contributed by atoms with van der Waals surface area (Å²) in [5.41, 5.74) is 0.383. The predicted octanol–water partition coefficient (Wildman–Crippen LogP) is 2.09. The largest absolute Gasteiger partial charge is 0.456 e. The van der Waals surface area contributed by atoms with Gasteiger partial charge in [-0.05, 0) is 6.07 Å². The molecule has 0 saturated heterocycles. The molecular weight excluding hydrogens is 360 g/mol. The van der Waals surface area contributed by atoms with Crippen LogP contribution in [0.5, 0.6) is 0 Å². The summed E-state index contributed by atoms with van der Waals surface area (Å²) in [7, 11) is 3.43. The minimum Gasteiger partial charge on any atom is -0.456 e. The lowest BCUT2D eigenvalue weighted by molar-refractivity contribution is -0.384. The number of hydrogen-bond acceptors (Lipinski definition) is 8. The number of carbonyl (C=O) groups is 1. The third-order valence-corrected chi connectivity index (χ3v) is 4.36. The lowest BCUT2D eigenvalue weighted by Gasteiger charge is -2.16. The first kappa shape index (κ1) is 17.5. The van der Waals surface area contributed by atoms with Gasteiger partial charge in [-0.15, -0.1) is 11.3 Å². The van der Waals surface area contributed by atoms with Crippen molar-refractivity contribution in [3.63, 3.8) is 0 Å². The van der Waals surface area contributed by atoms with E-state index >= 15 is 0 Å². The Morgan fingerprint density at radius 2 is 2.15 bits per heavy atom. The van der Waals surface area contributed by atoms with Gasteiger partial charge in [0.1, 0.15) is 6.61 Å². The van der Waals surface area contributed by atoms with E-state index in [0.29, 0.717) is 16.3 Å². The summed E-state index contributed by atoms with van der Waals surface area (Å²) >= 11 is 1.29. The molecule has 3 aromatic rings. The van der Waals surface area contributed by atoms with Gasteiger partial charge >= 0.3 is 5.97 Å². The van der Waals surface area contributed by atoms with Gasteiger partial charge in [0, 0.05) is 43.9 Å². The molecule has 2 aromatic heterocycles. The van der Waals surface area contributed by atoms with Crippen molar-refractivity contribution in [1.29, 1.82) is 0 Å². The monoisotopic (exact) mass is 374 g/mol. The molecule has 9 nitrogen and oxygen atoms in total. The topological polar surface area (TPSA) is 107 Å². The molecule has 0 atom stereocenters. The highest BCUT2D eigenvalue weighted by atomic mass is 32.1. The minimum absolute atomic E-state index is 0.0677. The van der Waals surface area contributed by atoms with Gasteiger partial charge in [-0.3, -0.25) is 19.3 Å². The zero-order chi connectivity index (χ0) is 18.8. The zero-order valence-corrected chi connectivity index (χ0v) is 14.7. The van der Waals surface area contributed by atoms with Crippen LogP contribution >= 0.6 is 11.3 Å². The smallest absolute Gasteiger partial charge is 0.340 e. The summed E-state index contributed by atoms with van der Waals surface area (Å²) in [6.45, 7) is -0.210. The summed E-state index contributed by atoms with van der Waals surface area (Å²) in [4.78, 5) is 41.2. The number of nitrogens with zero attached hydrogens (tertiary/aromatic N) is 4. The van der Waals surface area contributed by atoms with Crippen LogP contribution in [0.2, 0.25) is 0 Å². The molecule has 0 spiro atoms. The van der Waals surface area contributed by atoms with E-state index in [1.165, 1.54) is 40.0 Å². The van der Waals surface area contributed by atoms with Crippen molar-refractivity contribution in [2.24, 2.45) is 0 Å². The zero-order valence-electron chi connectivity index (χ0n) is 13.9. The second-order valence-corrected chi connectivity index (χ2v) is 6.44. The van der Waals surface area contributed by atoms with Crippen LogP contribution in [0.4, 0.5) is 11.4 Å². The number of esters is 1. The van der Waals surface area contributed by atoms with Crippen LogP contribution in [-0.2, 0) is 11.3 Å². The van der Waals surface area contributed by atoms with Crippen LogP contribution in [0.25, 0.3) is 4.96 Å². The Morgan fingerprint density at radius 3 is 2.85 bits per heavy atom. The van der Waals surface area contributed by atoms with Crippen LogP contribution in [0.1, 0.15) is 16.1 Å². The van der Waals surface area contributed by atoms with Crippen LogP contribution in [-0.4, -0.2) is 34.4 Å². The Balaban J connectivity index is 1.86. The summed E-state index contributed by atoms with van der Waals surface area (Å²) in [5, 5.41) is 12.7. The number of benzene rings is 1. The van der Waals surface area contributed by atoms with E-state index in [4.69, 9.17) is 4.74 Å². The standard InChI is InChI=1S/C16H14N4O5S/c1-18(2)13-4-3-11(20(23)24)8-12(13)15(22)25-9-10-7-14(21)19-5-6-26-16(19)17-10/h3-8H,9H2,1-2H3. The maximum Gasteiger partial charge on any atom is 0.340 e. The Hall–Kier alpha value is -3.27. The fourth-order valence-electron chi connectivity index (χ4n) is 2.37. The molecular formula is C16H14N4O5S. The van der Waals surface area contributed by atoms with Crippen LogP contribution < -0.4 is 10.5 Å². The second kappa shape index (κ2) is 6.92. The molecule has 0 aliphatic rings. The summed E-state index contributed by atoms with van der Waals surface area (Å²) in [5.74, 6) is -0.731. The number of thiazole rings is 1. The number of aromatic nitrogens is 2. The van der Waals surface area contributed by atoms with Crippen molar-refractivity contribution in [3.05, 3.63) is 67.6 Å². The molecule has 0 aliphatic carbocycles. The van der Waals surface area contributed by atoms with Crippen LogP contribution in [0.3, 0.4) is 0 Å². The molecule has 0 bridgehead atoms. The highest BCUT2D eigenvalue weighted by molar-refractivity contribution is 7.15. The van der Waals surface area contributed by atoms with Crippen molar-refractivity contribution >= 4 is 33.6 Å². The van der Waals surface area contributed by atoms with Crippen LogP contribution in [0, 0.1) is 10.1 Å². The van der Waals surface area contributed by atoms with E-state index in [1.807, 2.05) is 0 Å². The molecule has 0 unspecified atom stereocenters. The number of nitro groups is 1.